The number of rotatable bonds is 4. The molecule has 1 aromatic heterocycles. The molecular weight excluding hydrogens is 152 g/mol. The number of H-pyrrole nitrogens is 1. The molecule has 68 valence electrons. The van der Waals surface area contributed by atoms with Crippen LogP contribution in [0, 0.1) is 0 Å². The van der Waals surface area contributed by atoms with Crippen LogP contribution in [-0.2, 0) is 12.8 Å². The van der Waals surface area contributed by atoms with E-state index in [0.29, 0.717) is 0 Å². The van der Waals surface area contributed by atoms with Gasteiger partial charge in [-0.2, -0.15) is 5.10 Å². The summed E-state index contributed by atoms with van der Waals surface area (Å²) in [6, 6.07) is 0.197. The molecule has 0 spiro atoms. The van der Waals surface area contributed by atoms with Crippen molar-refractivity contribution >= 4 is 0 Å². The largest absolute Gasteiger partial charge is 0.327 e. The lowest BCUT2D eigenvalue weighted by molar-refractivity contribution is 0.626. The van der Waals surface area contributed by atoms with E-state index in [9.17, 15) is 0 Å². The number of aromatic nitrogens is 3. The molecule has 0 aliphatic heterocycles. The van der Waals surface area contributed by atoms with Crippen LogP contribution >= 0.6 is 0 Å². The quantitative estimate of drug-likeness (QED) is 0.693. The summed E-state index contributed by atoms with van der Waals surface area (Å²) in [6.45, 7) is 4.11. The van der Waals surface area contributed by atoms with E-state index in [1.54, 1.807) is 0 Å². The second-order valence-electron chi connectivity index (χ2n) is 2.92. The van der Waals surface area contributed by atoms with Crippen LogP contribution in [0.15, 0.2) is 0 Å². The summed E-state index contributed by atoms with van der Waals surface area (Å²) >= 11 is 0. The van der Waals surface area contributed by atoms with Gasteiger partial charge in [-0.3, -0.25) is 5.10 Å². The minimum Gasteiger partial charge on any atom is -0.327 e. The van der Waals surface area contributed by atoms with Gasteiger partial charge >= 0.3 is 0 Å². The van der Waals surface area contributed by atoms with Gasteiger partial charge in [-0.15, -0.1) is 0 Å². The smallest absolute Gasteiger partial charge is 0.150 e. The van der Waals surface area contributed by atoms with Crippen LogP contribution in [0.3, 0.4) is 0 Å². The molecule has 1 unspecified atom stereocenters. The van der Waals surface area contributed by atoms with Gasteiger partial charge in [-0.25, -0.2) is 4.98 Å². The molecule has 1 rings (SSSR count). The number of aromatic amines is 1. The molecule has 1 atom stereocenters. The number of nitrogens with two attached hydrogens (primary N) is 1. The highest BCUT2D eigenvalue weighted by molar-refractivity contribution is 4.92. The van der Waals surface area contributed by atoms with Crippen LogP contribution in [0.5, 0.6) is 0 Å². The Bertz CT molecular complexity index is 231. The topological polar surface area (TPSA) is 67.6 Å². The fourth-order valence-corrected chi connectivity index (χ4v) is 0.977. The maximum absolute atomic E-state index is 5.77. The van der Waals surface area contributed by atoms with Crippen LogP contribution in [0.1, 0.15) is 31.9 Å². The van der Waals surface area contributed by atoms with Crippen molar-refractivity contribution in [2.75, 3.05) is 0 Å². The lowest BCUT2D eigenvalue weighted by Gasteiger charge is -2.03. The Morgan fingerprint density at radius 1 is 1.50 bits per heavy atom. The molecule has 4 nitrogen and oxygen atoms in total. The summed E-state index contributed by atoms with van der Waals surface area (Å²) in [6.07, 6.45) is 2.64. The zero-order chi connectivity index (χ0) is 8.97. The van der Waals surface area contributed by atoms with Crippen molar-refractivity contribution in [2.45, 2.75) is 39.2 Å². The van der Waals surface area contributed by atoms with Crippen molar-refractivity contribution in [2.24, 2.45) is 5.73 Å². The highest BCUT2D eigenvalue weighted by atomic mass is 15.2. The van der Waals surface area contributed by atoms with Crippen molar-refractivity contribution in [3.63, 3.8) is 0 Å². The van der Waals surface area contributed by atoms with E-state index in [1.807, 2.05) is 6.92 Å². The molecule has 1 heterocycles. The molecule has 0 fully saturated rings. The maximum Gasteiger partial charge on any atom is 0.150 e. The fraction of sp³-hybridized carbons (Fsp3) is 0.750. The molecule has 0 bridgehead atoms. The number of aryl methyl sites for hydroxylation is 1. The van der Waals surface area contributed by atoms with Crippen molar-refractivity contribution < 1.29 is 0 Å². The highest BCUT2D eigenvalue weighted by Gasteiger charge is 2.05. The average Bonchev–Trinajstić information content (AvgIpc) is 2.52. The Morgan fingerprint density at radius 3 is 2.75 bits per heavy atom. The fourth-order valence-electron chi connectivity index (χ4n) is 0.977. The Kier molecular flexibility index (Phi) is 3.22. The predicted octanol–water partition coefficient (Wildman–Crippen LogP) is 0.647. The third-order valence-corrected chi connectivity index (χ3v) is 1.87. The molecule has 1 aromatic rings. The number of hydrogen-bond acceptors (Lipinski definition) is 3. The Hall–Kier alpha value is -0.900. The Morgan fingerprint density at radius 2 is 2.25 bits per heavy atom. The summed E-state index contributed by atoms with van der Waals surface area (Å²) in [5, 5.41) is 6.91. The van der Waals surface area contributed by atoms with Crippen LogP contribution in [0.4, 0.5) is 0 Å². The summed E-state index contributed by atoms with van der Waals surface area (Å²) in [7, 11) is 0. The molecule has 0 aliphatic rings. The summed E-state index contributed by atoms with van der Waals surface area (Å²) in [4.78, 5) is 4.27. The van der Waals surface area contributed by atoms with Gasteiger partial charge in [0, 0.05) is 18.9 Å². The molecule has 0 aromatic carbocycles. The van der Waals surface area contributed by atoms with Gasteiger partial charge in [0.1, 0.15) is 11.6 Å². The molecular formula is C8H16N4. The second-order valence-corrected chi connectivity index (χ2v) is 2.92. The normalized spacial score (nSPS) is 13.2. The van der Waals surface area contributed by atoms with Crippen LogP contribution in [0.2, 0.25) is 0 Å². The molecule has 12 heavy (non-hydrogen) atoms. The van der Waals surface area contributed by atoms with E-state index >= 15 is 0 Å². The first-order valence-corrected chi connectivity index (χ1v) is 4.42. The number of hydrogen-bond donors (Lipinski definition) is 2. The first-order valence-electron chi connectivity index (χ1n) is 4.42. The SMILES string of the molecule is CCc1n[nH]c(CC(N)CC)n1. The van der Waals surface area contributed by atoms with E-state index < -0.39 is 0 Å². The molecule has 0 amide bonds. The van der Waals surface area contributed by atoms with Crippen molar-refractivity contribution in [3.05, 3.63) is 11.6 Å². The van der Waals surface area contributed by atoms with Gasteiger partial charge in [0.15, 0.2) is 0 Å². The standard InChI is InChI=1S/C8H16N4/c1-3-6(9)5-8-10-7(4-2)11-12-8/h6H,3-5,9H2,1-2H3,(H,10,11,12). The first kappa shape index (κ1) is 9.19. The van der Waals surface area contributed by atoms with Crippen molar-refractivity contribution in [1.29, 1.82) is 0 Å². The lowest BCUT2D eigenvalue weighted by Crippen LogP contribution is -2.22. The highest BCUT2D eigenvalue weighted by Crippen LogP contribution is 1.98. The third kappa shape index (κ3) is 2.30. The molecule has 0 saturated carbocycles. The van der Waals surface area contributed by atoms with Crippen LogP contribution < -0.4 is 5.73 Å². The van der Waals surface area contributed by atoms with Crippen molar-refractivity contribution in [1.82, 2.24) is 15.2 Å². The first-order chi connectivity index (χ1) is 5.76. The Balaban J connectivity index is 2.52. The van der Waals surface area contributed by atoms with E-state index in [2.05, 4.69) is 22.1 Å². The van der Waals surface area contributed by atoms with Gasteiger partial charge in [-0.05, 0) is 6.42 Å². The predicted molar refractivity (Wildman–Crippen MR) is 47.7 cm³/mol. The third-order valence-electron chi connectivity index (χ3n) is 1.87. The van der Waals surface area contributed by atoms with Crippen molar-refractivity contribution in [3.8, 4) is 0 Å². The average molecular weight is 168 g/mol. The summed E-state index contributed by atoms with van der Waals surface area (Å²) < 4.78 is 0. The number of nitrogens with zero attached hydrogens (tertiary/aromatic N) is 2. The zero-order valence-corrected chi connectivity index (χ0v) is 7.67. The van der Waals surface area contributed by atoms with E-state index in [0.717, 1.165) is 30.9 Å². The van der Waals surface area contributed by atoms with Gasteiger partial charge in [-0.1, -0.05) is 13.8 Å². The number of nitrogens with one attached hydrogen (secondary N) is 1. The molecule has 3 N–H and O–H groups in total. The van der Waals surface area contributed by atoms with E-state index in [4.69, 9.17) is 5.73 Å². The lowest BCUT2D eigenvalue weighted by atomic mass is 10.2. The Labute approximate surface area is 72.6 Å². The zero-order valence-electron chi connectivity index (χ0n) is 7.67. The minimum absolute atomic E-state index is 0.197. The van der Waals surface area contributed by atoms with Gasteiger partial charge < -0.3 is 5.73 Å². The van der Waals surface area contributed by atoms with Crippen LogP contribution in [0.25, 0.3) is 0 Å². The second kappa shape index (κ2) is 4.21. The summed E-state index contributed by atoms with van der Waals surface area (Å²) in [5.74, 6) is 1.77. The molecule has 0 aliphatic carbocycles. The summed E-state index contributed by atoms with van der Waals surface area (Å²) in [5.41, 5.74) is 5.77. The molecule has 0 radical (unpaired) electrons. The van der Waals surface area contributed by atoms with Gasteiger partial charge in [0.25, 0.3) is 0 Å². The van der Waals surface area contributed by atoms with Crippen LogP contribution in [-0.4, -0.2) is 21.2 Å². The van der Waals surface area contributed by atoms with Gasteiger partial charge in [0.05, 0.1) is 0 Å². The van der Waals surface area contributed by atoms with Gasteiger partial charge in [0.2, 0.25) is 0 Å². The monoisotopic (exact) mass is 168 g/mol. The molecule has 0 saturated heterocycles. The minimum atomic E-state index is 0.197. The van der Waals surface area contributed by atoms with E-state index in [1.165, 1.54) is 0 Å². The molecule has 4 heteroatoms. The maximum atomic E-state index is 5.77. The van der Waals surface area contributed by atoms with E-state index in [-0.39, 0.29) is 6.04 Å².